The lowest BCUT2D eigenvalue weighted by Crippen LogP contribution is -2.45. The number of nitrogens with one attached hydrogen (secondary N) is 6. The van der Waals surface area contributed by atoms with Crippen LogP contribution in [0.1, 0.15) is 278 Å². The number of hydrogen-bond donors (Lipinski definition) is 15. The predicted molar refractivity (Wildman–Crippen MR) is 478 cm³/mol. The molecule has 0 aromatic rings. The standard InChI is InChI=1S/C18H33NO5S.C15H27NO4.C14H25NO5S.C14H25NO5.C14H25NO4.C13H23NO4/c1-13(7-6-8-14(21)12-20)11-16(22)19-15(9-10-25-5)17(23)24-18(2,3)4;1-4-6-8-9-12(17)11-14(18)16-13(10-7-5-2)15(19)20-3;1-10(4-3-5-11(17)9-16)8-13(18)15-12(14(19)20)6-7-21-2;1-9(2)13(14(19)20)15-12(18)7-10(3)5-4-6-11(17)8-16;1-5-6-7-8-11(16)9-12(17)15-13(10(2)3)14(18)19-4;1-4-5-6-7-10(15)8-11(16)14-12(9(2)3)13(17)18/h13,15,20H,6-12H2,1-5H3,(H,19,22);8-9,12-13,17H,4-7,10-11H2,1-3H3,(H,16,18);10,12,16H,3-9H2,1-2H3,(H,15,18)(H,19,20);9-10,13,16H,4-8H2,1-3H3,(H,15,18)(H,19,20);7-8,10-11,13,16H,5-6,9H2,1-4H3,(H,15,17);6-7,9-10,12,15H,4-5,8H2,1-3H3,(H,14,16)(H,17,18)/b;9-8+;;;8-7+;7-6+/t13?,15-;12?,13-;10?,12-;10?,13-;11?,13-;10?,12-/m101100/s1. The number of unbranched alkanes of at least 4 members (excludes halogenated alkanes) is 4. The zero-order valence-electron chi connectivity index (χ0n) is 77.2. The number of carbonyl (C=O) groups excluding carboxylic acids is 12. The quantitative estimate of drug-likeness (QED) is 0.0153. The minimum atomic E-state index is -1.06. The van der Waals surface area contributed by atoms with Crippen LogP contribution in [-0.4, -0.2) is 253 Å². The summed E-state index contributed by atoms with van der Waals surface area (Å²) in [6.45, 7) is 28.5. The number of carboxylic acid groups (broad SMARTS) is 3. The monoisotopic (exact) mass is 1800 g/mol. The molecule has 0 radical (unpaired) electrons. The summed E-state index contributed by atoms with van der Waals surface area (Å²) < 4.78 is 14.7. The van der Waals surface area contributed by atoms with E-state index in [2.05, 4.69) is 41.4 Å². The van der Waals surface area contributed by atoms with E-state index in [1.165, 1.54) is 26.0 Å². The van der Waals surface area contributed by atoms with Crippen molar-refractivity contribution in [1.82, 2.24) is 31.9 Å². The van der Waals surface area contributed by atoms with Gasteiger partial charge in [-0.25, -0.2) is 28.8 Å². The van der Waals surface area contributed by atoms with Crippen LogP contribution in [0, 0.1) is 35.5 Å². The summed E-state index contributed by atoms with van der Waals surface area (Å²) in [7, 11) is 2.59. The summed E-state index contributed by atoms with van der Waals surface area (Å²) in [6.07, 6.45) is 26.0. The Kier molecular flexibility index (Phi) is 81.0. The van der Waals surface area contributed by atoms with E-state index < -0.39 is 122 Å². The van der Waals surface area contributed by atoms with Crippen molar-refractivity contribution in [2.45, 2.75) is 338 Å². The van der Waals surface area contributed by atoms with E-state index in [9.17, 15) is 87.2 Å². The topological polar surface area (TPSA) is 538 Å². The fraction of sp³-hybridized carbons (Fsp3) is 0.761. The van der Waals surface area contributed by atoms with Gasteiger partial charge in [-0.05, 0) is 157 Å². The number of carboxylic acids is 3. The van der Waals surface area contributed by atoms with Crippen molar-refractivity contribution >= 4 is 112 Å². The smallest absolute Gasteiger partial charge is 0.329 e. The number of methoxy groups -OCH3 is 2. The maximum absolute atomic E-state index is 12.3. The summed E-state index contributed by atoms with van der Waals surface area (Å²) in [6, 6.07) is -4.56. The highest BCUT2D eigenvalue weighted by molar-refractivity contribution is 7.98. The van der Waals surface area contributed by atoms with Crippen molar-refractivity contribution in [2.24, 2.45) is 35.5 Å². The molecule has 0 saturated carbocycles. The van der Waals surface area contributed by atoms with Crippen molar-refractivity contribution in [3.05, 3.63) is 36.5 Å². The first-order valence-electron chi connectivity index (χ1n) is 42.8. The molecule has 0 aliphatic rings. The average Bonchev–Trinajstić information content (AvgIpc) is 1.07. The van der Waals surface area contributed by atoms with Gasteiger partial charge in [0.1, 0.15) is 61.7 Å². The van der Waals surface area contributed by atoms with Gasteiger partial charge in [0.15, 0.2) is 17.3 Å². The highest BCUT2D eigenvalue weighted by atomic mass is 32.2. The molecule has 6 unspecified atom stereocenters. The van der Waals surface area contributed by atoms with E-state index in [1.807, 2.05) is 93.1 Å². The molecule has 12 atom stereocenters. The van der Waals surface area contributed by atoms with Gasteiger partial charge in [-0.15, -0.1) is 0 Å². The first kappa shape index (κ1) is 126. The van der Waals surface area contributed by atoms with Crippen LogP contribution in [-0.2, 0) is 86.1 Å². The molecule has 714 valence electrons. The van der Waals surface area contributed by atoms with Crippen LogP contribution in [0.5, 0.6) is 0 Å². The number of ketones is 3. The van der Waals surface area contributed by atoms with Crippen molar-refractivity contribution in [2.75, 3.05) is 58.1 Å². The summed E-state index contributed by atoms with van der Waals surface area (Å²) >= 11 is 3.15. The molecule has 0 aliphatic carbocycles. The highest BCUT2D eigenvalue weighted by Crippen LogP contribution is 2.18. The highest BCUT2D eigenvalue weighted by Gasteiger charge is 2.30. The van der Waals surface area contributed by atoms with Crippen LogP contribution in [0.25, 0.3) is 0 Å². The van der Waals surface area contributed by atoms with Crippen LogP contribution < -0.4 is 31.9 Å². The second-order valence-corrected chi connectivity index (χ2v) is 34.2. The number of carbonyl (C=O) groups is 15. The molecule has 123 heavy (non-hydrogen) atoms. The summed E-state index contributed by atoms with van der Waals surface area (Å²) in [5, 5.41) is 97.0. The zero-order chi connectivity index (χ0) is 95.8. The molecule has 0 rings (SSSR count). The molecule has 0 heterocycles. The molecule has 0 aromatic heterocycles. The van der Waals surface area contributed by atoms with Crippen LogP contribution >= 0.6 is 23.5 Å². The Morgan fingerprint density at radius 1 is 0.358 bits per heavy atom. The van der Waals surface area contributed by atoms with E-state index in [0.29, 0.717) is 82.8 Å². The van der Waals surface area contributed by atoms with E-state index in [1.54, 1.807) is 78.5 Å². The molecular weight excluding hydrogens is 1640 g/mol. The third kappa shape index (κ3) is 77.6. The van der Waals surface area contributed by atoms with Gasteiger partial charge in [-0.3, -0.25) is 43.2 Å². The molecule has 0 bridgehead atoms. The lowest BCUT2D eigenvalue weighted by molar-refractivity contribution is -0.159. The molecule has 0 aromatic carbocycles. The Morgan fingerprint density at radius 2 is 0.642 bits per heavy atom. The van der Waals surface area contributed by atoms with Gasteiger partial charge in [0.2, 0.25) is 35.4 Å². The van der Waals surface area contributed by atoms with E-state index in [-0.39, 0.29) is 114 Å². The van der Waals surface area contributed by atoms with E-state index >= 15 is 0 Å². The first-order valence-corrected chi connectivity index (χ1v) is 45.6. The normalized spacial score (nSPS) is 14.0. The number of hydrogen-bond acceptors (Lipinski definition) is 26. The number of esters is 3. The number of Topliss-reactive ketones (excluding diaryl/α,β-unsaturated/α-hetero) is 3. The fourth-order valence-corrected chi connectivity index (χ4v) is 11.7. The van der Waals surface area contributed by atoms with Crippen LogP contribution in [0.2, 0.25) is 0 Å². The second-order valence-electron chi connectivity index (χ2n) is 32.2. The van der Waals surface area contributed by atoms with E-state index in [4.69, 9.17) is 35.4 Å². The fourth-order valence-electron chi connectivity index (χ4n) is 10.7. The van der Waals surface area contributed by atoms with Crippen molar-refractivity contribution in [3.63, 3.8) is 0 Å². The summed E-state index contributed by atoms with van der Waals surface area (Å²) in [5.41, 5.74) is -0.591. The van der Waals surface area contributed by atoms with Gasteiger partial charge >= 0.3 is 35.8 Å². The molecule has 6 amide bonds. The van der Waals surface area contributed by atoms with Gasteiger partial charge in [0.25, 0.3) is 0 Å². The minimum absolute atomic E-state index is 0.0418. The van der Waals surface area contributed by atoms with Crippen molar-refractivity contribution < 1.29 is 132 Å². The summed E-state index contributed by atoms with van der Waals surface area (Å²) in [4.78, 5) is 172. The molecule has 0 spiro atoms. The lowest BCUT2D eigenvalue weighted by atomic mass is 9.98. The number of ether oxygens (including phenoxy) is 3. The average molecular weight is 1800 g/mol. The first-order chi connectivity index (χ1) is 57.6. The number of allylic oxidation sites excluding steroid dienone is 3. The Labute approximate surface area is 740 Å². The van der Waals surface area contributed by atoms with E-state index in [0.717, 1.165) is 63.5 Å². The van der Waals surface area contributed by atoms with Crippen LogP contribution in [0.4, 0.5) is 0 Å². The number of aliphatic carboxylic acids is 3. The van der Waals surface area contributed by atoms with Gasteiger partial charge in [0.05, 0.1) is 51.8 Å². The molecule has 15 N–H and O–H groups in total. The Morgan fingerprint density at radius 3 is 0.911 bits per heavy atom. The van der Waals surface area contributed by atoms with Gasteiger partial charge in [0, 0.05) is 38.5 Å². The Hall–Kier alpha value is -7.67. The van der Waals surface area contributed by atoms with Crippen molar-refractivity contribution in [1.29, 1.82) is 0 Å². The predicted octanol–water partition coefficient (Wildman–Crippen LogP) is 9.03. The number of aliphatic hydroxyl groups is 6. The van der Waals surface area contributed by atoms with Gasteiger partial charge in [-0.2, -0.15) is 23.5 Å². The zero-order valence-corrected chi connectivity index (χ0v) is 78.9. The molecular formula is C88H158N6O27S2. The maximum atomic E-state index is 12.3. The number of rotatable bonds is 60. The minimum Gasteiger partial charge on any atom is -0.480 e. The Balaban J connectivity index is -0.000000335. The van der Waals surface area contributed by atoms with Gasteiger partial charge < -0.3 is 92.1 Å². The summed E-state index contributed by atoms with van der Waals surface area (Å²) in [5.74, 6) is -5.67. The molecule has 0 aliphatic heterocycles. The Bertz CT molecular complexity index is 3070. The molecule has 33 nitrogen and oxygen atoms in total. The molecule has 0 fully saturated rings. The van der Waals surface area contributed by atoms with Gasteiger partial charge in [-0.1, -0.05) is 159 Å². The SMILES string of the molecule is CC(CCCC(=O)CO)CC(=O)N[C@@H](C(=O)O)C(C)C.CCC/C=C/C(O)CC(=O)N[C@@H](CCCC)C(=O)OC.CCC/C=C/C(O)CC(=O)N[C@H](C(=O)O)C(C)C.CCC/C=C/C(O)CC(=O)N[C@H](C(=O)OC)C(C)C.CSCC[C@@H](NC(=O)CC(C)CCCC(=O)CO)C(=O)O.CSCC[C@@H](NC(=O)CC(C)CCCC(=O)CO)C(=O)OC(C)(C)C. The number of amides is 6. The number of thioether (sulfide) groups is 2. The number of aliphatic hydroxyl groups excluding tert-OH is 6. The van der Waals surface area contributed by atoms with Crippen LogP contribution in [0.15, 0.2) is 36.5 Å². The third-order valence-electron chi connectivity index (χ3n) is 17.7. The van der Waals surface area contributed by atoms with Crippen molar-refractivity contribution in [3.8, 4) is 0 Å². The van der Waals surface area contributed by atoms with Crippen LogP contribution in [0.3, 0.4) is 0 Å². The maximum Gasteiger partial charge on any atom is 0.329 e. The molecule has 35 heteroatoms. The lowest BCUT2D eigenvalue weighted by Gasteiger charge is -2.25. The largest absolute Gasteiger partial charge is 0.480 e. The third-order valence-corrected chi connectivity index (χ3v) is 19.0. The second kappa shape index (κ2) is 79.0. The molecule has 0 saturated heterocycles.